The highest BCUT2D eigenvalue weighted by Gasteiger charge is 2.44. The van der Waals surface area contributed by atoms with Crippen LogP contribution in [-0.2, 0) is 6.18 Å². The van der Waals surface area contributed by atoms with E-state index in [-0.39, 0.29) is 63.3 Å². The summed E-state index contributed by atoms with van der Waals surface area (Å²) in [5, 5.41) is 9.03. The number of fused-ring (bicyclic) bond motifs is 1. The van der Waals surface area contributed by atoms with Gasteiger partial charge in [-0.15, -0.1) is 17.9 Å². The van der Waals surface area contributed by atoms with E-state index in [9.17, 15) is 9.65 Å². The van der Waals surface area contributed by atoms with Crippen molar-refractivity contribution in [2.75, 3.05) is 36.6 Å². The van der Waals surface area contributed by atoms with Crippen LogP contribution >= 0.6 is 11.3 Å². The Morgan fingerprint density at radius 1 is 1.22 bits per heavy atom. The number of pyridine rings is 1. The number of methoxy groups -OCH3 is 1. The van der Waals surface area contributed by atoms with Crippen LogP contribution in [0.3, 0.4) is 0 Å². The molecule has 4 N–H and O–H groups in total. The molecule has 9 nitrogen and oxygen atoms in total. The highest BCUT2D eigenvalue weighted by molar-refractivity contribution is 7.23. The number of thiophene rings is 1. The second-order valence-corrected chi connectivity index (χ2v) is 11.0. The molecule has 0 aliphatic carbocycles. The third-order valence-corrected chi connectivity index (χ3v) is 8.54. The smallest absolute Gasteiger partial charge is 0.420 e. The van der Waals surface area contributed by atoms with Gasteiger partial charge in [-0.1, -0.05) is 18.2 Å². The molecule has 3 aromatic heterocycles. The van der Waals surface area contributed by atoms with Crippen molar-refractivity contribution in [2.24, 2.45) is 0 Å². The number of nitriles is 1. The Kier molecular flexibility index (Phi) is 7.32. The highest BCUT2D eigenvalue weighted by atomic mass is 32.1. The number of ether oxygens (including phenoxy) is 2. The van der Waals surface area contributed by atoms with Gasteiger partial charge in [0.1, 0.15) is 52.0 Å². The fourth-order valence-corrected chi connectivity index (χ4v) is 6.64. The van der Waals surface area contributed by atoms with Gasteiger partial charge >= 0.3 is 12.2 Å². The first-order chi connectivity index (χ1) is 21.5. The van der Waals surface area contributed by atoms with E-state index in [1.54, 1.807) is 29.2 Å². The number of anilines is 3. The van der Waals surface area contributed by atoms with Crippen LogP contribution in [0.15, 0.2) is 43.1 Å². The number of halogens is 5. The first-order valence-corrected chi connectivity index (χ1v) is 14.1. The Morgan fingerprint density at radius 2 is 2.00 bits per heavy atom. The molecule has 2 aromatic carbocycles. The Hall–Kier alpha value is -5.23. The molecule has 0 saturated carbocycles. The average Bonchev–Trinajstić information content (AvgIpc) is 3.24. The van der Waals surface area contributed by atoms with Gasteiger partial charge in [0.2, 0.25) is 0 Å². The summed E-state index contributed by atoms with van der Waals surface area (Å²) in [4.78, 5) is 14.3. The van der Waals surface area contributed by atoms with Gasteiger partial charge in [0, 0.05) is 22.7 Å². The first kappa shape index (κ1) is 29.8. The van der Waals surface area contributed by atoms with Crippen molar-refractivity contribution < 1.29 is 31.4 Å². The van der Waals surface area contributed by atoms with E-state index >= 15 is 17.6 Å². The molecule has 1 unspecified atom stereocenters. The Balaban J connectivity index is 1.77. The lowest BCUT2D eigenvalue weighted by Crippen LogP contribution is -2.33. The molecule has 45 heavy (non-hydrogen) atoms. The zero-order valence-electron chi connectivity index (χ0n) is 23.4. The number of nitrogen functional groups attached to an aromatic ring is 2. The quantitative estimate of drug-likeness (QED) is 0.152. The summed E-state index contributed by atoms with van der Waals surface area (Å²) in [5.74, 6) is -2.90. The zero-order valence-corrected chi connectivity index (χ0v) is 24.2. The van der Waals surface area contributed by atoms with Crippen molar-refractivity contribution in [3.8, 4) is 29.0 Å². The van der Waals surface area contributed by atoms with Crippen molar-refractivity contribution in [3.05, 3.63) is 71.4 Å². The molecule has 1 aliphatic heterocycles. The third-order valence-electron chi connectivity index (χ3n) is 7.51. The maximum absolute atomic E-state index is 16.9. The van der Waals surface area contributed by atoms with Gasteiger partial charge in [-0.05, 0) is 24.1 Å². The molecule has 15 heteroatoms. The van der Waals surface area contributed by atoms with Gasteiger partial charge in [-0.25, -0.2) is 13.8 Å². The van der Waals surface area contributed by atoms with Crippen LogP contribution in [0.5, 0.6) is 11.8 Å². The second-order valence-electron chi connectivity index (χ2n) is 9.96. The maximum Gasteiger partial charge on any atom is 0.420 e. The number of rotatable bonds is 6. The third kappa shape index (κ3) is 4.69. The van der Waals surface area contributed by atoms with Crippen LogP contribution in [0.1, 0.15) is 29.2 Å². The summed E-state index contributed by atoms with van der Waals surface area (Å²) in [7, 11) is 1.23. The molecule has 0 amide bonds. The van der Waals surface area contributed by atoms with Crippen LogP contribution in [0.4, 0.5) is 38.6 Å². The summed E-state index contributed by atoms with van der Waals surface area (Å²) in [5.41, 5.74) is 8.96. The summed E-state index contributed by atoms with van der Waals surface area (Å²) < 4.78 is 88.1. The van der Waals surface area contributed by atoms with Crippen LogP contribution in [0, 0.1) is 23.0 Å². The molecule has 5 aromatic rings. The fraction of sp³-hybridized carbons (Fsp3) is 0.200. The number of benzene rings is 2. The van der Waals surface area contributed by atoms with Gasteiger partial charge in [0.05, 0.1) is 35.3 Å². The highest BCUT2D eigenvalue weighted by Crippen LogP contribution is 2.54. The minimum atomic E-state index is -5.20. The standard InChI is InChI=1S/C30H22F5N7O2S/c1-3-5-17(13-6-4-9-39-26(13)37)42-10-11-44-24-20-23(40-29(43-2)41-28(20)42)22(32)19(21(24)30(33,34)35)14-7-8-16(31)25-18(14)15(12-36)27(38)45-25/h3-4,6-9,17H,1,5,10-11,38H2,2H3,(H2,37,39). The van der Waals surface area contributed by atoms with E-state index < -0.39 is 51.8 Å². The summed E-state index contributed by atoms with van der Waals surface area (Å²) in [6.45, 7) is 3.51. The summed E-state index contributed by atoms with van der Waals surface area (Å²) in [6.07, 6.45) is -1.84. The molecule has 1 aliphatic rings. The van der Waals surface area contributed by atoms with Gasteiger partial charge in [0.25, 0.3) is 0 Å². The molecule has 0 saturated heterocycles. The molecule has 0 spiro atoms. The van der Waals surface area contributed by atoms with Crippen molar-refractivity contribution in [2.45, 2.75) is 18.6 Å². The molecule has 1 atom stereocenters. The van der Waals surface area contributed by atoms with Crippen molar-refractivity contribution in [1.29, 1.82) is 5.26 Å². The molecule has 4 heterocycles. The molecule has 230 valence electrons. The van der Waals surface area contributed by atoms with E-state index in [1.165, 1.54) is 13.3 Å². The Bertz CT molecular complexity index is 2060. The van der Waals surface area contributed by atoms with Crippen LogP contribution < -0.4 is 25.8 Å². The van der Waals surface area contributed by atoms with Gasteiger partial charge in [0.15, 0.2) is 5.82 Å². The fourth-order valence-electron chi connectivity index (χ4n) is 5.69. The van der Waals surface area contributed by atoms with Crippen molar-refractivity contribution in [1.82, 2.24) is 15.0 Å². The minimum absolute atomic E-state index is 0.00846. The Labute approximate surface area is 256 Å². The average molecular weight is 640 g/mol. The molecule has 0 fully saturated rings. The number of hydrogen-bond acceptors (Lipinski definition) is 10. The number of nitrogens with zero attached hydrogens (tertiary/aromatic N) is 5. The SMILES string of the molecule is C=CCC(c1cccnc1N)N1CCOc2c(C(F)(F)F)c(-c3ccc(F)c4sc(N)c(C#N)c34)c(F)c3nc(OC)nc1c23. The van der Waals surface area contributed by atoms with Gasteiger partial charge < -0.3 is 25.8 Å². The normalized spacial score (nSPS) is 13.8. The number of nitrogens with two attached hydrogens (primary N) is 2. The molecular formula is C30H22F5N7O2S. The lowest BCUT2D eigenvalue weighted by molar-refractivity contribution is -0.138. The van der Waals surface area contributed by atoms with Crippen molar-refractivity contribution in [3.63, 3.8) is 0 Å². The van der Waals surface area contributed by atoms with E-state index in [0.29, 0.717) is 16.9 Å². The van der Waals surface area contributed by atoms with E-state index in [0.717, 1.165) is 12.1 Å². The van der Waals surface area contributed by atoms with Crippen LogP contribution in [-0.4, -0.2) is 35.2 Å². The largest absolute Gasteiger partial charge is 0.490 e. The second kappa shape index (κ2) is 11.0. The monoisotopic (exact) mass is 639 g/mol. The molecule has 0 bridgehead atoms. The summed E-state index contributed by atoms with van der Waals surface area (Å²) in [6, 6.07) is 6.06. The first-order valence-electron chi connectivity index (χ1n) is 13.3. The van der Waals surface area contributed by atoms with E-state index in [1.807, 2.05) is 0 Å². The topological polar surface area (TPSA) is 136 Å². The van der Waals surface area contributed by atoms with Crippen LogP contribution in [0.2, 0.25) is 0 Å². The maximum atomic E-state index is 16.9. The number of aromatic nitrogens is 3. The predicted molar refractivity (Wildman–Crippen MR) is 160 cm³/mol. The minimum Gasteiger partial charge on any atom is -0.490 e. The zero-order chi connectivity index (χ0) is 32.2. The number of alkyl halides is 3. The van der Waals surface area contributed by atoms with E-state index in [2.05, 4.69) is 21.5 Å². The molecule has 6 rings (SSSR count). The van der Waals surface area contributed by atoms with Crippen LogP contribution in [0.25, 0.3) is 32.1 Å². The van der Waals surface area contributed by atoms with E-state index in [4.69, 9.17) is 20.9 Å². The van der Waals surface area contributed by atoms with Gasteiger partial charge in [-0.3, -0.25) is 0 Å². The van der Waals surface area contributed by atoms with Crippen molar-refractivity contribution >= 4 is 49.0 Å². The lowest BCUT2D eigenvalue weighted by atomic mass is 9.91. The summed E-state index contributed by atoms with van der Waals surface area (Å²) >= 11 is 0.671. The molecular weight excluding hydrogens is 617 g/mol. The lowest BCUT2D eigenvalue weighted by Gasteiger charge is -2.32. The Morgan fingerprint density at radius 3 is 2.67 bits per heavy atom. The van der Waals surface area contributed by atoms with Gasteiger partial charge in [-0.2, -0.15) is 28.4 Å². The molecule has 0 radical (unpaired) electrons. The number of hydrogen-bond donors (Lipinski definition) is 2. The predicted octanol–water partition coefficient (Wildman–Crippen LogP) is 6.76.